The third kappa shape index (κ3) is 4.60. The predicted molar refractivity (Wildman–Crippen MR) is 98.9 cm³/mol. The number of thioether (sulfide) groups is 1. The third-order valence-corrected chi connectivity index (χ3v) is 5.80. The van der Waals surface area contributed by atoms with E-state index in [1.807, 2.05) is 30.0 Å². The van der Waals surface area contributed by atoms with Crippen molar-refractivity contribution in [3.8, 4) is 0 Å². The maximum Gasteiger partial charge on any atom is 0.269 e. The number of nitrogens with zero attached hydrogens (tertiary/aromatic N) is 1. The first-order chi connectivity index (χ1) is 12.1. The van der Waals surface area contributed by atoms with Gasteiger partial charge in [-0.25, -0.2) is 0 Å². The molecule has 1 saturated carbocycles. The van der Waals surface area contributed by atoms with Gasteiger partial charge in [-0.05, 0) is 37.1 Å². The molecule has 130 valence electrons. The van der Waals surface area contributed by atoms with Crippen LogP contribution in [-0.2, 0) is 0 Å². The largest absolute Gasteiger partial charge is 0.348 e. The lowest BCUT2D eigenvalue weighted by Gasteiger charge is -2.31. The van der Waals surface area contributed by atoms with Crippen molar-refractivity contribution in [2.45, 2.75) is 41.9 Å². The Kier molecular flexibility index (Phi) is 5.71. The van der Waals surface area contributed by atoms with Gasteiger partial charge in [-0.2, -0.15) is 0 Å². The van der Waals surface area contributed by atoms with E-state index in [2.05, 4.69) is 17.4 Å². The first-order valence-electron chi connectivity index (χ1n) is 8.40. The van der Waals surface area contributed by atoms with Crippen molar-refractivity contribution in [3.63, 3.8) is 0 Å². The Morgan fingerprint density at radius 1 is 1.04 bits per heavy atom. The molecule has 5 nitrogen and oxygen atoms in total. The number of non-ortho nitro benzene ring substituents is 1. The van der Waals surface area contributed by atoms with Crippen molar-refractivity contribution in [3.05, 3.63) is 70.3 Å². The first kappa shape index (κ1) is 17.5. The summed E-state index contributed by atoms with van der Waals surface area (Å²) in [6, 6.07) is 16.1. The molecular formula is C19H20N2O3S. The lowest BCUT2D eigenvalue weighted by molar-refractivity contribution is -0.384. The smallest absolute Gasteiger partial charge is 0.269 e. The van der Waals surface area contributed by atoms with E-state index in [0.717, 1.165) is 19.3 Å². The second-order valence-electron chi connectivity index (χ2n) is 6.14. The normalized spacial score (nSPS) is 20.0. The van der Waals surface area contributed by atoms with E-state index in [9.17, 15) is 14.9 Å². The average molecular weight is 356 g/mol. The highest BCUT2D eigenvalue weighted by molar-refractivity contribution is 8.00. The lowest BCUT2D eigenvalue weighted by atomic mass is 9.94. The molecule has 0 spiro atoms. The Morgan fingerprint density at radius 3 is 2.40 bits per heavy atom. The molecule has 0 aliphatic heterocycles. The van der Waals surface area contributed by atoms with Crippen LogP contribution in [0.1, 0.15) is 36.0 Å². The van der Waals surface area contributed by atoms with Crippen LogP contribution >= 0.6 is 11.8 Å². The molecule has 1 N–H and O–H groups in total. The SMILES string of the molecule is O=C(N[C@@H]1CCCC[C@H]1Sc1ccccc1)c1ccc([N+](=O)[O-])cc1. The van der Waals surface area contributed by atoms with Gasteiger partial charge >= 0.3 is 0 Å². The summed E-state index contributed by atoms with van der Waals surface area (Å²) in [6.07, 6.45) is 4.32. The van der Waals surface area contributed by atoms with Crippen molar-refractivity contribution < 1.29 is 9.72 Å². The number of carbonyl (C=O) groups is 1. The van der Waals surface area contributed by atoms with Crippen molar-refractivity contribution in [2.75, 3.05) is 0 Å². The van der Waals surface area contributed by atoms with Crippen molar-refractivity contribution >= 4 is 23.4 Å². The summed E-state index contributed by atoms with van der Waals surface area (Å²) in [5.74, 6) is -0.166. The molecule has 2 aromatic rings. The van der Waals surface area contributed by atoms with Crippen LogP contribution in [-0.4, -0.2) is 22.1 Å². The number of amides is 1. The number of hydrogen-bond acceptors (Lipinski definition) is 4. The van der Waals surface area contributed by atoms with E-state index in [-0.39, 0.29) is 17.6 Å². The van der Waals surface area contributed by atoms with Gasteiger partial charge in [0.05, 0.1) is 4.92 Å². The minimum atomic E-state index is -0.463. The quantitative estimate of drug-likeness (QED) is 0.635. The Bertz CT molecular complexity index is 734. The van der Waals surface area contributed by atoms with Gasteiger partial charge in [0.2, 0.25) is 0 Å². The fourth-order valence-electron chi connectivity index (χ4n) is 3.06. The summed E-state index contributed by atoms with van der Waals surface area (Å²) >= 11 is 1.81. The maximum atomic E-state index is 12.5. The third-order valence-electron chi connectivity index (χ3n) is 4.39. The van der Waals surface area contributed by atoms with E-state index in [1.165, 1.54) is 35.6 Å². The van der Waals surface area contributed by atoms with Gasteiger partial charge in [0.25, 0.3) is 11.6 Å². The number of carbonyl (C=O) groups excluding carboxylic acids is 1. The van der Waals surface area contributed by atoms with Crippen LogP contribution in [0.5, 0.6) is 0 Å². The molecule has 25 heavy (non-hydrogen) atoms. The number of nitrogens with one attached hydrogen (secondary N) is 1. The lowest BCUT2D eigenvalue weighted by Crippen LogP contribution is -2.43. The minimum absolute atomic E-state index is 0.00766. The van der Waals surface area contributed by atoms with Crippen molar-refractivity contribution in [1.29, 1.82) is 0 Å². The Balaban J connectivity index is 1.66. The molecule has 3 rings (SSSR count). The van der Waals surface area contributed by atoms with E-state index in [1.54, 1.807) is 0 Å². The fraction of sp³-hybridized carbons (Fsp3) is 0.316. The van der Waals surface area contributed by atoms with Crippen LogP contribution in [0.15, 0.2) is 59.5 Å². The number of nitro benzene ring substituents is 1. The molecule has 0 unspecified atom stereocenters. The van der Waals surface area contributed by atoms with Gasteiger partial charge in [0.1, 0.15) is 0 Å². The van der Waals surface area contributed by atoms with E-state index >= 15 is 0 Å². The highest BCUT2D eigenvalue weighted by Gasteiger charge is 2.27. The van der Waals surface area contributed by atoms with Crippen LogP contribution in [0, 0.1) is 10.1 Å². The maximum absolute atomic E-state index is 12.5. The first-order valence-corrected chi connectivity index (χ1v) is 9.28. The molecule has 0 heterocycles. The number of nitro groups is 1. The average Bonchev–Trinajstić information content (AvgIpc) is 2.64. The summed E-state index contributed by atoms with van der Waals surface area (Å²) in [5, 5.41) is 14.2. The molecule has 1 aliphatic carbocycles. The van der Waals surface area contributed by atoms with E-state index in [0.29, 0.717) is 10.8 Å². The minimum Gasteiger partial charge on any atom is -0.348 e. The summed E-state index contributed by atoms with van der Waals surface area (Å²) in [5.41, 5.74) is 0.450. The highest BCUT2D eigenvalue weighted by Crippen LogP contribution is 2.34. The van der Waals surface area contributed by atoms with Crippen LogP contribution in [0.4, 0.5) is 5.69 Å². The monoisotopic (exact) mass is 356 g/mol. The topological polar surface area (TPSA) is 72.2 Å². The number of benzene rings is 2. The molecule has 0 bridgehead atoms. The predicted octanol–water partition coefficient (Wildman–Crippen LogP) is 4.43. The molecular weight excluding hydrogens is 336 g/mol. The molecule has 2 atom stereocenters. The fourth-order valence-corrected chi connectivity index (χ4v) is 4.38. The van der Waals surface area contributed by atoms with Gasteiger partial charge in [0, 0.05) is 33.9 Å². The second kappa shape index (κ2) is 8.16. The standard InChI is InChI=1S/C19H20N2O3S/c22-19(14-10-12-15(13-11-14)21(23)24)20-17-8-4-5-9-18(17)25-16-6-2-1-3-7-16/h1-3,6-7,10-13,17-18H,4-5,8-9H2,(H,20,22)/t17-,18-/m1/s1. The van der Waals surface area contributed by atoms with Gasteiger partial charge in [-0.15, -0.1) is 11.8 Å². The van der Waals surface area contributed by atoms with Gasteiger partial charge < -0.3 is 5.32 Å². The van der Waals surface area contributed by atoms with Crippen molar-refractivity contribution in [1.82, 2.24) is 5.32 Å². The van der Waals surface area contributed by atoms with E-state index < -0.39 is 4.92 Å². The number of hydrogen-bond donors (Lipinski definition) is 1. The zero-order chi connectivity index (χ0) is 17.6. The summed E-state index contributed by atoms with van der Waals surface area (Å²) in [4.78, 5) is 24.0. The number of rotatable bonds is 5. The second-order valence-corrected chi connectivity index (χ2v) is 7.45. The Labute approximate surface area is 151 Å². The molecule has 1 aliphatic rings. The molecule has 1 amide bonds. The molecule has 6 heteroatoms. The Hall–Kier alpha value is -2.34. The van der Waals surface area contributed by atoms with Crippen LogP contribution in [0.25, 0.3) is 0 Å². The van der Waals surface area contributed by atoms with Gasteiger partial charge in [-0.3, -0.25) is 14.9 Å². The molecule has 0 saturated heterocycles. The Morgan fingerprint density at radius 2 is 1.72 bits per heavy atom. The summed E-state index contributed by atoms with van der Waals surface area (Å²) in [7, 11) is 0. The summed E-state index contributed by atoms with van der Waals surface area (Å²) in [6.45, 7) is 0. The molecule has 1 fully saturated rings. The van der Waals surface area contributed by atoms with Crippen LogP contribution in [0.2, 0.25) is 0 Å². The van der Waals surface area contributed by atoms with Crippen LogP contribution in [0.3, 0.4) is 0 Å². The van der Waals surface area contributed by atoms with Crippen molar-refractivity contribution in [2.24, 2.45) is 0 Å². The van der Waals surface area contributed by atoms with Crippen LogP contribution < -0.4 is 5.32 Å². The summed E-state index contributed by atoms with van der Waals surface area (Å²) < 4.78 is 0. The molecule has 0 aromatic heterocycles. The zero-order valence-corrected chi connectivity index (χ0v) is 14.6. The molecule has 0 radical (unpaired) electrons. The van der Waals surface area contributed by atoms with E-state index in [4.69, 9.17) is 0 Å². The van der Waals surface area contributed by atoms with Gasteiger partial charge in [-0.1, -0.05) is 31.0 Å². The zero-order valence-electron chi connectivity index (χ0n) is 13.8. The van der Waals surface area contributed by atoms with Gasteiger partial charge in [0.15, 0.2) is 0 Å². The molecule has 2 aromatic carbocycles. The highest BCUT2D eigenvalue weighted by atomic mass is 32.2.